The minimum Gasteiger partial charge on any atom is -0.497 e. The van der Waals surface area contributed by atoms with Crippen LogP contribution in [-0.4, -0.2) is 38.2 Å². The molecule has 0 bridgehead atoms. The van der Waals surface area contributed by atoms with Gasteiger partial charge in [0, 0.05) is 13.1 Å². The third-order valence-corrected chi connectivity index (χ3v) is 2.89. The number of benzene rings is 1. The average Bonchev–Trinajstić information content (AvgIpc) is 2.39. The largest absolute Gasteiger partial charge is 0.497 e. The van der Waals surface area contributed by atoms with Gasteiger partial charge in [-0.3, -0.25) is 4.79 Å². The Bertz CT molecular complexity index is 389. The van der Waals surface area contributed by atoms with Crippen molar-refractivity contribution in [2.45, 2.75) is 20.4 Å². The maximum absolute atomic E-state index is 11.5. The molecule has 0 radical (unpaired) electrons. The zero-order valence-corrected chi connectivity index (χ0v) is 12.2. The summed E-state index contributed by atoms with van der Waals surface area (Å²) in [7, 11) is 3.65. The molecule has 0 spiro atoms. The third-order valence-electron chi connectivity index (χ3n) is 2.89. The summed E-state index contributed by atoms with van der Waals surface area (Å²) < 4.78 is 10.1. The van der Waals surface area contributed by atoms with E-state index in [9.17, 15) is 4.79 Å². The van der Waals surface area contributed by atoms with Crippen LogP contribution in [0.4, 0.5) is 0 Å². The highest BCUT2D eigenvalue weighted by Gasteiger charge is 2.16. The van der Waals surface area contributed by atoms with Crippen LogP contribution in [0.15, 0.2) is 24.3 Å². The standard InChI is InChI=1S/C15H23NO3/c1-5-19-15(17)12(2)10-16(3)11-13-6-8-14(18-4)9-7-13/h6-9,12H,5,10-11H2,1-4H3. The Labute approximate surface area is 115 Å². The number of ether oxygens (including phenoxy) is 2. The molecule has 19 heavy (non-hydrogen) atoms. The minimum atomic E-state index is -0.135. The second-order valence-corrected chi connectivity index (χ2v) is 4.70. The molecule has 0 aliphatic carbocycles. The molecule has 0 saturated heterocycles. The highest BCUT2D eigenvalue weighted by Crippen LogP contribution is 2.13. The van der Waals surface area contributed by atoms with Crippen LogP contribution >= 0.6 is 0 Å². The van der Waals surface area contributed by atoms with Crippen molar-refractivity contribution in [3.8, 4) is 5.75 Å². The molecule has 1 aromatic carbocycles. The zero-order valence-electron chi connectivity index (χ0n) is 12.2. The van der Waals surface area contributed by atoms with Crippen LogP contribution in [0.25, 0.3) is 0 Å². The first-order valence-corrected chi connectivity index (χ1v) is 6.55. The number of rotatable bonds is 7. The Morgan fingerprint density at radius 3 is 2.47 bits per heavy atom. The average molecular weight is 265 g/mol. The molecule has 1 aromatic rings. The first-order valence-electron chi connectivity index (χ1n) is 6.55. The lowest BCUT2D eigenvalue weighted by atomic mass is 10.1. The molecule has 0 amide bonds. The Hall–Kier alpha value is -1.55. The van der Waals surface area contributed by atoms with Crippen LogP contribution in [0.1, 0.15) is 19.4 Å². The van der Waals surface area contributed by atoms with Crippen molar-refractivity contribution in [1.82, 2.24) is 4.90 Å². The van der Waals surface area contributed by atoms with Gasteiger partial charge in [-0.2, -0.15) is 0 Å². The van der Waals surface area contributed by atoms with Crippen LogP contribution in [0, 0.1) is 5.92 Å². The zero-order chi connectivity index (χ0) is 14.3. The number of hydrogen-bond donors (Lipinski definition) is 0. The van der Waals surface area contributed by atoms with Gasteiger partial charge in [-0.05, 0) is 31.7 Å². The molecule has 0 saturated carbocycles. The fourth-order valence-electron chi connectivity index (χ4n) is 1.93. The molecule has 1 atom stereocenters. The second kappa shape index (κ2) is 7.79. The van der Waals surface area contributed by atoms with Crippen LogP contribution in [-0.2, 0) is 16.1 Å². The fourth-order valence-corrected chi connectivity index (χ4v) is 1.93. The van der Waals surface area contributed by atoms with E-state index < -0.39 is 0 Å². The van der Waals surface area contributed by atoms with Crippen LogP contribution in [0.5, 0.6) is 5.75 Å². The summed E-state index contributed by atoms with van der Waals surface area (Å²) in [6.45, 7) is 5.64. The summed E-state index contributed by atoms with van der Waals surface area (Å²) in [5, 5.41) is 0. The van der Waals surface area contributed by atoms with Gasteiger partial charge >= 0.3 is 5.97 Å². The van der Waals surface area contributed by atoms with E-state index in [2.05, 4.69) is 4.90 Å². The van der Waals surface area contributed by atoms with Gasteiger partial charge in [0.2, 0.25) is 0 Å². The van der Waals surface area contributed by atoms with E-state index in [0.29, 0.717) is 13.2 Å². The van der Waals surface area contributed by atoms with Gasteiger partial charge in [-0.15, -0.1) is 0 Å². The summed E-state index contributed by atoms with van der Waals surface area (Å²) in [6.07, 6.45) is 0. The van der Waals surface area contributed by atoms with Gasteiger partial charge in [0.15, 0.2) is 0 Å². The highest BCUT2D eigenvalue weighted by atomic mass is 16.5. The predicted octanol–water partition coefficient (Wildman–Crippen LogP) is 2.33. The van der Waals surface area contributed by atoms with Crippen molar-refractivity contribution in [2.75, 3.05) is 27.3 Å². The number of esters is 1. The Morgan fingerprint density at radius 2 is 1.95 bits per heavy atom. The molecule has 0 aliphatic rings. The molecular weight excluding hydrogens is 242 g/mol. The molecule has 0 aromatic heterocycles. The molecule has 1 rings (SSSR count). The summed E-state index contributed by atoms with van der Waals surface area (Å²) >= 11 is 0. The van der Waals surface area contributed by atoms with E-state index in [1.807, 2.05) is 45.2 Å². The molecule has 0 heterocycles. The first kappa shape index (κ1) is 15.5. The molecule has 1 unspecified atom stereocenters. The summed E-state index contributed by atoms with van der Waals surface area (Å²) in [4.78, 5) is 13.7. The van der Waals surface area contributed by atoms with Gasteiger partial charge in [0.25, 0.3) is 0 Å². The molecular formula is C15H23NO3. The summed E-state index contributed by atoms with van der Waals surface area (Å²) in [6, 6.07) is 7.95. The minimum absolute atomic E-state index is 0.108. The van der Waals surface area contributed by atoms with Crippen molar-refractivity contribution < 1.29 is 14.3 Å². The summed E-state index contributed by atoms with van der Waals surface area (Å²) in [5.74, 6) is 0.610. The van der Waals surface area contributed by atoms with E-state index in [-0.39, 0.29) is 11.9 Å². The SMILES string of the molecule is CCOC(=O)C(C)CN(C)Cc1ccc(OC)cc1. The van der Waals surface area contributed by atoms with Crippen molar-refractivity contribution >= 4 is 5.97 Å². The molecule has 0 N–H and O–H groups in total. The Kier molecular flexibility index (Phi) is 6.36. The maximum Gasteiger partial charge on any atom is 0.309 e. The van der Waals surface area contributed by atoms with Gasteiger partial charge < -0.3 is 14.4 Å². The van der Waals surface area contributed by atoms with E-state index in [1.54, 1.807) is 7.11 Å². The van der Waals surface area contributed by atoms with E-state index in [1.165, 1.54) is 5.56 Å². The van der Waals surface area contributed by atoms with E-state index in [0.717, 1.165) is 12.3 Å². The normalized spacial score (nSPS) is 12.3. The van der Waals surface area contributed by atoms with Crippen LogP contribution in [0.3, 0.4) is 0 Å². The predicted molar refractivity (Wildman–Crippen MR) is 75.1 cm³/mol. The highest BCUT2D eigenvalue weighted by molar-refractivity contribution is 5.72. The lowest BCUT2D eigenvalue weighted by molar-refractivity contribution is -0.147. The Morgan fingerprint density at radius 1 is 1.32 bits per heavy atom. The van der Waals surface area contributed by atoms with Gasteiger partial charge in [0.1, 0.15) is 5.75 Å². The molecule has 4 heteroatoms. The number of carbonyl (C=O) groups is 1. The van der Waals surface area contributed by atoms with E-state index in [4.69, 9.17) is 9.47 Å². The van der Waals surface area contributed by atoms with Crippen molar-refractivity contribution in [3.63, 3.8) is 0 Å². The number of nitrogens with zero attached hydrogens (tertiary/aromatic N) is 1. The van der Waals surface area contributed by atoms with Crippen molar-refractivity contribution in [2.24, 2.45) is 5.92 Å². The lowest BCUT2D eigenvalue weighted by Crippen LogP contribution is -2.29. The van der Waals surface area contributed by atoms with Gasteiger partial charge in [0.05, 0.1) is 19.6 Å². The molecule has 4 nitrogen and oxygen atoms in total. The Balaban J connectivity index is 2.45. The molecule has 0 aliphatic heterocycles. The number of hydrogen-bond acceptors (Lipinski definition) is 4. The topological polar surface area (TPSA) is 38.8 Å². The quantitative estimate of drug-likeness (QED) is 0.709. The third kappa shape index (κ3) is 5.30. The summed E-state index contributed by atoms with van der Waals surface area (Å²) in [5.41, 5.74) is 1.19. The second-order valence-electron chi connectivity index (χ2n) is 4.70. The van der Waals surface area contributed by atoms with Gasteiger partial charge in [-0.1, -0.05) is 19.1 Å². The van der Waals surface area contributed by atoms with Crippen LogP contribution in [0.2, 0.25) is 0 Å². The number of carbonyl (C=O) groups excluding carboxylic acids is 1. The lowest BCUT2D eigenvalue weighted by Gasteiger charge is -2.20. The van der Waals surface area contributed by atoms with Crippen LogP contribution < -0.4 is 4.74 Å². The van der Waals surface area contributed by atoms with Crippen molar-refractivity contribution in [1.29, 1.82) is 0 Å². The monoisotopic (exact) mass is 265 g/mol. The number of methoxy groups -OCH3 is 1. The fraction of sp³-hybridized carbons (Fsp3) is 0.533. The molecule has 0 fully saturated rings. The van der Waals surface area contributed by atoms with E-state index >= 15 is 0 Å². The first-order chi connectivity index (χ1) is 9.06. The van der Waals surface area contributed by atoms with Gasteiger partial charge in [-0.25, -0.2) is 0 Å². The van der Waals surface area contributed by atoms with Crippen molar-refractivity contribution in [3.05, 3.63) is 29.8 Å². The molecule has 106 valence electrons. The smallest absolute Gasteiger partial charge is 0.309 e. The maximum atomic E-state index is 11.5.